The molecule has 6 rings (SSSR count). The van der Waals surface area contributed by atoms with Crippen LogP contribution >= 0.6 is 11.3 Å². The standard InChI is InChI=1S/C26H21N3O4S/c1-26(2)16-8-5-6-10-18(16)29-21-17(26)9-7-11-19(21)33-20-13-14(34-24(20)29)12-15-22(30)27(3)25(32)28(4)23(15)31/h5-13H,1-4H3. The van der Waals surface area contributed by atoms with E-state index in [1.807, 2.05) is 24.3 Å². The lowest BCUT2D eigenvalue weighted by Crippen LogP contribution is -2.52. The first-order valence-electron chi connectivity index (χ1n) is 10.9. The predicted octanol–water partition coefficient (Wildman–Crippen LogP) is 5.40. The lowest BCUT2D eigenvalue weighted by atomic mass is 9.73. The number of rotatable bonds is 1. The molecule has 0 aliphatic carbocycles. The zero-order valence-electron chi connectivity index (χ0n) is 19.1. The maximum atomic E-state index is 12.7. The van der Waals surface area contributed by atoms with Crippen molar-refractivity contribution in [2.45, 2.75) is 19.3 Å². The van der Waals surface area contributed by atoms with E-state index in [2.05, 4.69) is 43.0 Å². The summed E-state index contributed by atoms with van der Waals surface area (Å²) in [5.41, 5.74) is 4.20. The zero-order chi connectivity index (χ0) is 23.9. The minimum atomic E-state index is -0.642. The fourth-order valence-corrected chi connectivity index (χ4v) is 5.98. The van der Waals surface area contributed by atoms with Gasteiger partial charge in [0.1, 0.15) is 10.6 Å². The molecule has 0 N–H and O–H groups in total. The number of ether oxygens (including phenoxy) is 1. The van der Waals surface area contributed by atoms with Crippen molar-refractivity contribution in [3.63, 3.8) is 0 Å². The average molecular weight is 472 g/mol. The number of amides is 4. The van der Waals surface area contributed by atoms with Gasteiger partial charge in [0.25, 0.3) is 11.8 Å². The summed E-state index contributed by atoms with van der Waals surface area (Å²) >= 11 is 1.44. The molecule has 3 aromatic rings. The van der Waals surface area contributed by atoms with Crippen LogP contribution in [0.4, 0.5) is 21.2 Å². The quantitative estimate of drug-likeness (QED) is 0.275. The molecule has 3 aliphatic heterocycles. The minimum Gasteiger partial charge on any atom is -0.452 e. The SMILES string of the molecule is CN1C(=O)C(=Cc2cc3c(s2)N2c4ccccc4C(C)(C)c4cccc(c42)O3)C(=O)N(C)C1=O. The van der Waals surface area contributed by atoms with Gasteiger partial charge in [0.2, 0.25) is 0 Å². The lowest BCUT2D eigenvalue weighted by Gasteiger charge is -2.43. The Hall–Kier alpha value is -3.91. The van der Waals surface area contributed by atoms with E-state index in [9.17, 15) is 14.4 Å². The van der Waals surface area contributed by atoms with Crippen LogP contribution in [0.1, 0.15) is 29.9 Å². The number of hydrogen-bond donors (Lipinski definition) is 0. The number of para-hydroxylation sites is 2. The van der Waals surface area contributed by atoms with Crippen molar-refractivity contribution in [1.82, 2.24) is 9.80 Å². The Morgan fingerprint density at radius 3 is 2.29 bits per heavy atom. The smallest absolute Gasteiger partial charge is 0.333 e. The van der Waals surface area contributed by atoms with Crippen molar-refractivity contribution in [3.8, 4) is 11.5 Å². The Kier molecular flexibility index (Phi) is 4.14. The Labute approximate surface area is 200 Å². The Balaban J connectivity index is 1.52. The average Bonchev–Trinajstić information content (AvgIpc) is 3.24. The van der Waals surface area contributed by atoms with Gasteiger partial charge in [-0.2, -0.15) is 0 Å². The number of thiophene rings is 1. The van der Waals surface area contributed by atoms with Crippen LogP contribution in [0.3, 0.4) is 0 Å². The summed E-state index contributed by atoms with van der Waals surface area (Å²) in [6.07, 6.45) is 1.54. The van der Waals surface area contributed by atoms with Crippen LogP contribution in [-0.4, -0.2) is 41.7 Å². The van der Waals surface area contributed by atoms with Gasteiger partial charge in [-0.1, -0.05) is 44.2 Å². The molecule has 3 aliphatic rings. The molecule has 0 bridgehead atoms. The summed E-state index contributed by atoms with van der Waals surface area (Å²) in [4.78, 5) is 42.2. The highest BCUT2D eigenvalue weighted by molar-refractivity contribution is 7.17. The molecule has 0 unspecified atom stereocenters. The van der Waals surface area contributed by atoms with Gasteiger partial charge in [-0.25, -0.2) is 4.79 Å². The second kappa shape index (κ2) is 6.80. The molecule has 4 amide bonds. The zero-order valence-corrected chi connectivity index (χ0v) is 19.9. The largest absolute Gasteiger partial charge is 0.452 e. The highest BCUT2D eigenvalue weighted by Crippen LogP contribution is 2.61. The van der Waals surface area contributed by atoms with Crippen LogP contribution in [-0.2, 0) is 15.0 Å². The number of carbonyl (C=O) groups excluding carboxylic acids is 3. The molecular formula is C26H21N3O4S. The lowest BCUT2D eigenvalue weighted by molar-refractivity contribution is -0.134. The minimum absolute atomic E-state index is 0.0541. The third-order valence-electron chi connectivity index (χ3n) is 6.77. The number of urea groups is 1. The molecule has 0 radical (unpaired) electrons. The molecule has 1 saturated heterocycles. The highest BCUT2D eigenvalue weighted by Gasteiger charge is 2.42. The molecule has 1 aromatic heterocycles. The maximum Gasteiger partial charge on any atom is 0.333 e. The molecule has 4 heterocycles. The fourth-order valence-electron chi connectivity index (χ4n) is 4.93. The molecule has 34 heavy (non-hydrogen) atoms. The summed E-state index contributed by atoms with van der Waals surface area (Å²) in [6.45, 7) is 4.43. The van der Waals surface area contributed by atoms with Crippen molar-refractivity contribution in [2.75, 3.05) is 19.0 Å². The Morgan fingerprint density at radius 1 is 0.882 bits per heavy atom. The molecule has 7 nitrogen and oxygen atoms in total. The van der Waals surface area contributed by atoms with Crippen molar-refractivity contribution in [3.05, 3.63) is 70.1 Å². The molecule has 170 valence electrons. The van der Waals surface area contributed by atoms with Gasteiger partial charge < -0.3 is 4.74 Å². The van der Waals surface area contributed by atoms with E-state index < -0.39 is 17.8 Å². The Bertz CT molecular complexity index is 1440. The van der Waals surface area contributed by atoms with Crippen LogP contribution in [0, 0.1) is 0 Å². The van der Waals surface area contributed by atoms with Crippen LogP contribution in [0.5, 0.6) is 11.5 Å². The van der Waals surface area contributed by atoms with E-state index in [0.717, 1.165) is 31.9 Å². The van der Waals surface area contributed by atoms with Crippen molar-refractivity contribution in [2.24, 2.45) is 0 Å². The van der Waals surface area contributed by atoms with Crippen LogP contribution in [0.15, 0.2) is 54.1 Å². The summed E-state index contributed by atoms with van der Waals surface area (Å²) < 4.78 is 6.31. The van der Waals surface area contributed by atoms with E-state index in [4.69, 9.17) is 4.74 Å². The van der Waals surface area contributed by atoms with E-state index in [-0.39, 0.29) is 11.0 Å². The van der Waals surface area contributed by atoms with E-state index in [0.29, 0.717) is 10.6 Å². The molecule has 0 atom stereocenters. The number of nitrogens with zero attached hydrogens (tertiary/aromatic N) is 3. The molecule has 1 fully saturated rings. The van der Waals surface area contributed by atoms with Crippen molar-refractivity contribution >= 4 is 51.6 Å². The normalized spacial score (nSPS) is 17.8. The van der Waals surface area contributed by atoms with E-state index in [1.54, 1.807) is 6.08 Å². The first kappa shape index (κ1) is 20.7. The molecule has 8 heteroatoms. The van der Waals surface area contributed by atoms with Crippen molar-refractivity contribution in [1.29, 1.82) is 0 Å². The number of benzene rings is 2. The fraction of sp³-hybridized carbons (Fsp3) is 0.192. The van der Waals surface area contributed by atoms with Gasteiger partial charge in [0, 0.05) is 30.5 Å². The number of anilines is 3. The second-order valence-corrected chi connectivity index (χ2v) is 10.2. The van der Waals surface area contributed by atoms with Gasteiger partial charge in [-0.05, 0) is 29.3 Å². The van der Waals surface area contributed by atoms with Gasteiger partial charge in [0.05, 0.1) is 11.4 Å². The van der Waals surface area contributed by atoms with Crippen LogP contribution < -0.4 is 9.64 Å². The topological polar surface area (TPSA) is 70.2 Å². The summed E-state index contributed by atoms with van der Waals surface area (Å²) in [6, 6.07) is 15.6. The van der Waals surface area contributed by atoms with Crippen LogP contribution in [0.2, 0.25) is 0 Å². The number of likely N-dealkylation sites (N-methyl/N-ethyl adjacent to an activating group) is 2. The highest BCUT2D eigenvalue weighted by atomic mass is 32.1. The van der Waals surface area contributed by atoms with E-state index in [1.165, 1.54) is 36.6 Å². The number of fused-ring (bicyclic) bond motifs is 4. The van der Waals surface area contributed by atoms with Gasteiger partial charge in [-0.3, -0.25) is 24.3 Å². The molecule has 2 aromatic carbocycles. The first-order chi connectivity index (χ1) is 16.2. The number of barbiturate groups is 1. The monoisotopic (exact) mass is 471 g/mol. The Morgan fingerprint density at radius 2 is 1.56 bits per heavy atom. The van der Waals surface area contributed by atoms with Gasteiger partial charge in [0.15, 0.2) is 11.5 Å². The molecular weight excluding hydrogens is 450 g/mol. The van der Waals surface area contributed by atoms with Gasteiger partial charge >= 0.3 is 6.03 Å². The second-order valence-electron chi connectivity index (χ2n) is 9.12. The van der Waals surface area contributed by atoms with Crippen molar-refractivity contribution < 1.29 is 19.1 Å². The molecule has 0 saturated carbocycles. The molecule has 0 spiro atoms. The van der Waals surface area contributed by atoms with Crippen LogP contribution in [0.25, 0.3) is 6.08 Å². The number of hydrogen-bond acceptors (Lipinski definition) is 6. The van der Waals surface area contributed by atoms with Gasteiger partial charge in [-0.15, -0.1) is 11.3 Å². The number of imide groups is 2. The summed E-state index contributed by atoms with van der Waals surface area (Å²) in [5.74, 6) is 0.191. The number of carbonyl (C=O) groups is 3. The summed E-state index contributed by atoms with van der Waals surface area (Å²) in [5, 5.41) is 0.878. The predicted molar refractivity (Wildman–Crippen MR) is 130 cm³/mol. The first-order valence-corrected chi connectivity index (χ1v) is 11.7. The van der Waals surface area contributed by atoms with E-state index >= 15 is 0 Å². The maximum absolute atomic E-state index is 12.7. The summed E-state index contributed by atoms with van der Waals surface area (Å²) in [7, 11) is 2.74. The third-order valence-corrected chi connectivity index (χ3v) is 7.81. The third kappa shape index (κ3) is 2.60.